The number of hydrogen-bond acceptors (Lipinski definition) is 2. The molecule has 118 valence electrons. The van der Waals surface area contributed by atoms with Crippen LogP contribution in [0.2, 0.25) is 10.0 Å². The second-order valence-electron chi connectivity index (χ2n) is 5.18. The standard InChI is InChI=1S/C18H21Cl2NO/c19-16-9-6-10-17(20)18(16)14-7-5-8-15(13-14)22-12-4-2-1-3-11-21/h5-10,13H,1-4,11-12,21H2. The molecule has 0 aliphatic carbocycles. The van der Waals surface area contributed by atoms with Crippen LogP contribution in [0.3, 0.4) is 0 Å². The molecule has 0 saturated carbocycles. The molecule has 0 fully saturated rings. The predicted molar refractivity (Wildman–Crippen MR) is 94.9 cm³/mol. The highest BCUT2D eigenvalue weighted by Gasteiger charge is 2.08. The molecule has 0 aromatic heterocycles. The Bertz CT molecular complexity index is 581. The van der Waals surface area contributed by atoms with Gasteiger partial charge in [0, 0.05) is 15.6 Å². The van der Waals surface area contributed by atoms with Crippen molar-refractivity contribution in [3.8, 4) is 16.9 Å². The quantitative estimate of drug-likeness (QED) is 0.640. The SMILES string of the molecule is NCCCCCCOc1cccc(-c2c(Cl)cccc2Cl)c1. The first-order valence-corrected chi connectivity index (χ1v) is 8.35. The van der Waals surface area contributed by atoms with Gasteiger partial charge in [-0.25, -0.2) is 0 Å². The Balaban J connectivity index is 1.98. The topological polar surface area (TPSA) is 35.2 Å². The summed E-state index contributed by atoms with van der Waals surface area (Å²) in [5, 5.41) is 1.29. The summed E-state index contributed by atoms with van der Waals surface area (Å²) >= 11 is 12.5. The van der Waals surface area contributed by atoms with Crippen molar-refractivity contribution in [2.75, 3.05) is 13.2 Å². The zero-order chi connectivity index (χ0) is 15.8. The van der Waals surface area contributed by atoms with Crippen molar-refractivity contribution in [3.63, 3.8) is 0 Å². The Labute approximate surface area is 142 Å². The predicted octanol–water partition coefficient (Wildman–Crippen LogP) is 5.56. The Morgan fingerprint density at radius 1 is 0.864 bits per heavy atom. The van der Waals surface area contributed by atoms with E-state index in [1.54, 1.807) is 0 Å². The zero-order valence-electron chi connectivity index (χ0n) is 12.5. The van der Waals surface area contributed by atoms with E-state index >= 15 is 0 Å². The molecule has 0 heterocycles. The second kappa shape index (κ2) is 9.04. The minimum absolute atomic E-state index is 0.645. The van der Waals surface area contributed by atoms with Gasteiger partial charge in [0.05, 0.1) is 6.61 Å². The van der Waals surface area contributed by atoms with Crippen molar-refractivity contribution in [3.05, 3.63) is 52.5 Å². The third kappa shape index (κ3) is 4.91. The number of nitrogens with two attached hydrogens (primary N) is 1. The summed E-state index contributed by atoms with van der Waals surface area (Å²) in [4.78, 5) is 0. The number of benzene rings is 2. The summed E-state index contributed by atoms with van der Waals surface area (Å²) in [7, 11) is 0. The molecule has 0 unspecified atom stereocenters. The van der Waals surface area contributed by atoms with Crippen molar-refractivity contribution in [1.29, 1.82) is 0 Å². The molecule has 0 bridgehead atoms. The van der Waals surface area contributed by atoms with Gasteiger partial charge < -0.3 is 10.5 Å². The highest BCUT2D eigenvalue weighted by molar-refractivity contribution is 6.39. The van der Waals surface area contributed by atoms with E-state index in [1.165, 1.54) is 0 Å². The maximum atomic E-state index is 6.26. The van der Waals surface area contributed by atoms with Crippen LogP contribution in [0.4, 0.5) is 0 Å². The second-order valence-corrected chi connectivity index (χ2v) is 5.99. The van der Waals surface area contributed by atoms with Crippen molar-refractivity contribution < 1.29 is 4.74 Å². The molecule has 4 heteroatoms. The lowest BCUT2D eigenvalue weighted by Crippen LogP contribution is -2.00. The molecule has 2 aromatic carbocycles. The smallest absolute Gasteiger partial charge is 0.119 e. The number of hydrogen-bond donors (Lipinski definition) is 1. The van der Waals surface area contributed by atoms with Gasteiger partial charge in [0.2, 0.25) is 0 Å². The molecule has 0 amide bonds. The normalized spacial score (nSPS) is 10.7. The Morgan fingerprint density at radius 3 is 2.27 bits per heavy atom. The van der Waals surface area contributed by atoms with E-state index < -0.39 is 0 Å². The highest BCUT2D eigenvalue weighted by atomic mass is 35.5. The lowest BCUT2D eigenvalue weighted by atomic mass is 10.1. The van der Waals surface area contributed by atoms with Gasteiger partial charge in [0.25, 0.3) is 0 Å². The number of unbranched alkanes of at least 4 members (excludes halogenated alkanes) is 3. The lowest BCUT2D eigenvalue weighted by Gasteiger charge is -2.10. The monoisotopic (exact) mass is 337 g/mol. The molecule has 0 spiro atoms. The highest BCUT2D eigenvalue weighted by Crippen LogP contribution is 2.35. The molecule has 2 N–H and O–H groups in total. The van der Waals surface area contributed by atoms with Gasteiger partial charge in [-0.1, -0.05) is 54.2 Å². The summed E-state index contributed by atoms with van der Waals surface area (Å²) in [6.45, 7) is 1.48. The van der Waals surface area contributed by atoms with Gasteiger partial charge in [-0.15, -0.1) is 0 Å². The van der Waals surface area contributed by atoms with E-state index in [4.69, 9.17) is 33.7 Å². The van der Waals surface area contributed by atoms with Crippen LogP contribution < -0.4 is 10.5 Å². The largest absolute Gasteiger partial charge is 0.494 e. The van der Waals surface area contributed by atoms with Crippen LogP contribution in [0.5, 0.6) is 5.75 Å². The molecule has 22 heavy (non-hydrogen) atoms. The molecule has 2 rings (SSSR count). The van der Waals surface area contributed by atoms with Crippen molar-refractivity contribution in [2.45, 2.75) is 25.7 Å². The van der Waals surface area contributed by atoms with E-state index in [0.29, 0.717) is 16.7 Å². The lowest BCUT2D eigenvalue weighted by molar-refractivity contribution is 0.305. The Hall–Kier alpha value is -1.22. The van der Waals surface area contributed by atoms with Gasteiger partial charge in [-0.05, 0) is 49.2 Å². The van der Waals surface area contributed by atoms with E-state index in [-0.39, 0.29) is 0 Å². The fourth-order valence-corrected chi connectivity index (χ4v) is 2.92. The maximum Gasteiger partial charge on any atom is 0.119 e. The Kier molecular flexibility index (Phi) is 7.04. The molecule has 0 aliphatic heterocycles. The third-order valence-corrected chi connectivity index (χ3v) is 4.08. The number of halogens is 2. The summed E-state index contributed by atoms with van der Waals surface area (Å²) in [5.74, 6) is 0.840. The van der Waals surface area contributed by atoms with Crippen LogP contribution in [0.25, 0.3) is 11.1 Å². The molecule has 0 atom stereocenters. The van der Waals surface area contributed by atoms with Crippen LogP contribution in [0, 0.1) is 0 Å². The minimum Gasteiger partial charge on any atom is -0.494 e. The van der Waals surface area contributed by atoms with Crippen molar-refractivity contribution >= 4 is 23.2 Å². The molecule has 0 saturated heterocycles. The zero-order valence-corrected chi connectivity index (χ0v) is 14.0. The van der Waals surface area contributed by atoms with Crippen LogP contribution in [0.1, 0.15) is 25.7 Å². The van der Waals surface area contributed by atoms with Crippen LogP contribution in [-0.2, 0) is 0 Å². The molecule has 0 aliphatic rings. The summed E-state index contributed by atoms with van der Waals surface area (Å²) in [6.07, 6.45) is 4.43. The van der Waals surface area contributed by atoms with Gasteiger partial charge in [0.1, 0.15) is 5.75 Å². The average molecular weight is 338 g/mol. The molecular formula is C18H21Cl2NO. The summed E-state index contributed by atoms with van der Waals surface area (Å²) in [5.41, 5.74) is 7.29. The first kappa shape index (κ1) is 17.1. The van der Waals surface area contributed by atoms with Crippen LogP contribution >= 0.6 is 23.2 Å². The molecule has 2 aromatic rings. The van der Waals surface area contributed by atoms with Gasteiger partial charge in [0.15, 0.2) is 0 Å². The Morgan fingerprint density at radius 2 is 1.55 bits per heavy atom. The van der Waals surface area contributed by atoms with E-state index in [2.05, 4.69) is 0 Å². The van der Waals surface area contributed by atoms with Gasteiger partial charge in [-0.2, -0.15) is 0 Å². The van der Waals surface area contributed by atoms with E-state index in [0.717, 1.165) is 49.1 Å². The first-order valence-electron chi connectivity index (χ1n) is 7.59. The fraction of sp³-hybridized carbons (Fsp3) is 0.333. The fourth-order valence-electron chi connectivity index (χ4n) is 2.30. The molecule has 2 nitrogen and oxygen atoms in total. The molecule has 0 radical (unpaired) electrons. The maximum absolute atomic E-state index is 6.26. The third-order valence-electron chi connectivity index (χ3n) is 3.45. The van der Waals surface area contributed by atoms with Crippen molar-refractivity contribution in [1.82, 2.24) is 0 Å². The van der Waals surface area contributed by atoms with Crippen molar-refractivity contribution in [2.24, 2.45) is 5.73 Å². The minimum atomic E-state index is 0.645. The summed E-state index contributed by atoms with van der Waals surface area (Å²) in [6, 6.07) is 13.4. The van der Waals surface area contributed by atoms with E-state index in [1.807, 2.05) is 42.5 Å². The van der Waals surface area contributed by atoms with Gasteiger partial charge in [-0.3, -0.25) is 0 Å². The number of rotatable bonds is 8. The summed E-state index contributed by atoms with van der Waals surface area (Å²) < 4.78 is 5.81. The number of ether oxygens (including phenoxy) is 1. The van der Waals surface area contributed by atoms with E-state index in [9.17, 15) is 0 Å². The molecular weight excluding hydrogens is 317 g/mol. The van der Waals surface area contributed by atoms with Crippen LogP contribution in [0.15, 0.2) is 42.5 Å². The first-order chi connectivity index (χ1) is 10.7. The van der Waals surface area contributed by atoms with Crippen LogP contribution in [-0.4, -0.2) is 13.2 Å². The average Bonchev–Trinajstić information content (AvgIpc) is 2.51. The van der Waals surface area contributed by atoms with Gasteiger partial charge >= 0.3 is 0 Å².